The number of halogens is 2. The van der Waals surface area contributed by atoms with E-state index >= 15 is 0 Å². The van der Waals surface area contributed by atoms with Gasteiger partial charge in [0, 0.05) is 17.1 Å². The third-order valence-corrected chi connectivity index (χ3v) is 3.03. The zero-order valence-electron chi connectivity index (χ0n) is 9.59. The van der Waals surface area contributed by atoms with Crippen LogP contribution in [-0.4, -0.2) is 13.7 Å². The second kappa shape index (κ2) is 6.33. The average Bonchev–Trinajstić information content (AvgIpc) is 2.23. The summed E-state index contributed by atoms with van der Waals surface area (Å²) in [7, 11) is 1.56. The maximum Gasteiger partial charge on any atom is 0.132 e. The van der Waals surface area contributed by atoms with Gasteiger partial charge in [-0.05, 0) is 36.6 Å². The summed E-state index contributed by atoms with van der Waals surface area (Å²) in [6, 6.07) is 3.56. The molecule has 1 atom stereocenters. The lowest BCUT2D eigenvalue weighted by atomic mass is 9.95. The van der Waals surface area contributed by atoms with Gasteiger partial charge in [0.05, 0.1) is 6.61 Å². The van der Waals surface area contributed by atoms with Gasteiger partial charge in [-0.15, -0.1) is 0 Å². The molecule has 0 aliphatic heterocycles. The number of hydrogen-bond donors (Lipinski definition) is 1. The molecule has 2 N–H and O–H groups in total. The van der Waals surface area contributed by atoms with Crippen molar-refractivity contribution in [3.63, 3.8) is 0 Å². The molecule has 2 nitrogen and oxygen atoms in total. The van der Waals surface area contributed by atoms with Crippen molar-refractivity contribution in [1.82, 2.24) is 0 Å². The van der Waals surface area contributed by atoms with Crippen molar-refractivity contribution in [2.45, 2.75) is 25.9 Å². The van der Waals surface area contributed by atoms with E-state index in [-0.39, 0.29) is 18.3 Å². The van der Waals surface area contributed by atoms with Gasteiger partial charge in [0.1, 0.15) is 5.82 Å². The molecule has 4 heteroatoms. The predicted octanol–water partition coefficient (Wildman–Crippen LogP) is 3.19. The number of methoxy groups -OCH3 is 1. The van der Waals surface area contributed by atoms with Crippen LogP contribution >= 0.6 is 15.9 Å². The number of hydrogen-bond acceptors (Lipinski definition) is 2. The van der Waals surface area contributed by atoms with Gasteiger partial charge in [0.15, 0.2) is 0 Å². The van der Waals surface area contributed by atoms with E-state index in [0.717, 1.165) is 10.9 Å². The van der Waals surface area contributed by atoms with Crippen molar-refractivity contribution in [1.29, 1.82) is 0 Å². The van der Waals surface area contributed by atoms with Gasteiger partial charge < -0.3 is 10.5 Å². The average molecular weight is 290 g/mol. The molecule has 1 rings (SSSR count). The van der Waals surface area contributed by atoms with Crippen molar-refractivity contribution in [3.05, 3.63) is 33.5 Å². The monoisotopic (exact) mass is 289 g/mol. The fourth-order valence-electron chi connectivity index (χ4n) is 1.69. The molecule has 90 valence electrons. The van der Waals surface area contributed by atoms with Gasteiger partial charge >= 0.3 is 0 Å². The van der Waals surface area contributed by atoms with E-state index in [0.29, 0.717) is 17.7 Å². The molecule has 0 aliphatic carbocycles. The van der Waals surface area contributed by atoms with Crippen molar-refractivity contribution >= 4 is 15.9 Å². The Morgan fingerprint density at radius 1 is 1.50 bits per heavy atom. The quantitative estimate of drug-likeness (QED) is 0.904. The lowest BCUT2D eigenvalue weighted by molar-refractivity contribution is 0.181. The first-order valence-corrected chi connectivity index (χ1v) is 6.06. The molecule has 0 amide bonds. The Kier molecular flexibility index (Phi) is 5.38. The lowest BCUT2D eigenvalue weighted by Gasteiger charge is -2.15. The standard InChI is InChI=1S/C12H17BrFNO/c1-8(3-4-15)11-6-10(13)5-9(7-16-2)12(11)14/h5-6,8H,3-4,7,15H2,1-2H3. The van der Waals surface area contributed by atoms with E-state index in [9.17, 15) is 4.39 Å². The first-order chi connectivity index (χ1) is 7.60. The lowest BCUT2D eigenvalue weighted by Crippen LogP contribution is -2.08. The van der Waals surface area contributed by atoms with Gasteiger partial charge in [0.25, 0.3) is 0 Å². The fraction of sp³-hybridized carbons (Fsp3) is 0.500. The summed E-state index contributed by atoms with van der Waals surface area (Å²) >= 11 is 3.38. The molecule has 0 fully saturated rings. The number of ether oxygens (including phenoxy) is 1. The highest BCUT2D eigenvalue weighted by atomic mass is 79.9. The second-order valence-electron chi connectivity index (χ2n) is 3.88. The zero-order valence-corrected chi connectivity index (χ0v) is 11.2. The zero-order chi connectivity index (χ0) is 12.1. The predicted molar refractivity (Wildman–Crippen MR) is 66.9 cm³/mol. The molecule has 0 heterocycles. The van der Waals surface area contributed by atoms with E-state index in [1.807, 2.05) is 13.0 Å². The van der Waals surface area contributed by atoms with Crippen LogP contribution in [-0.2, 0) is 11.3 Å². The Morgan fingerprint density at radius 2 is 2.19 bits per heavy atom. The summed E-state index contributed by atoms with van der Waals surface area (Å²) in [5.41, 5.74) is 6.77. The van der Waals surface area contributed by atoms with Crippen LogP contribution in [0, 0.1) is 5.82 Å². The molecular weight excluding hydrogens is 273 g/mol. The minimum Gasteiger partial charge on any atom is -0.380 e. The van der Waals surface area contributed by atoms with Crippen LogP contribution in [0.4, 0.5) is 4.39 Å². The molecule has 1 aromatic rings. The highest BCUT2D eigenvalue weighted by molar-refractivity contribution is 9.10. The molecule has 0 radical (unpaired) electrons. The van der Waals surface area contributed by atoms with Crippen LogP contribution in [0.5, 0.6) is 0 Å². The van der Waals surface area contributed by atoms with Crippen molar-refractivity contribution in [2.75, 3.05) is 13.7 Å². The van der Waals surface area contributed by atoms with Crippen LogP contribution in [0.1, 0.15) is 30.4 Å². The summed E-state index contributed by atoms with van der Waals surface area (Å²) in [5, 5.41) is 0. The minimum absolute atomic E-state index is 0.123. The molecule has 1 aromatic carbocycles. The Hall–Kier alpha value is -0.450. The van der Waals surface area contributed by atoms with Gasteiger partial charge in [-0.1, -0.05) is 22.9 Å². The molecule has 0 spiro atoms. The van der Waals surface area contributed by atoms with Crippen LogP contribution in [0.25, 0.3) is 0 Å². The molecule has 0 saturated heterocycles. The van der Waals surface area contributed by atoms with Gasteiger partial charge in [-0.2, -0.15) is 0 Å². The van der Waals surface area contributed by atoms with Gasteiger partial charge in [-0.25, -0.2) is 4.39 Å². The van der Waals surface area contributed by atoms with Crippen molar-refractivity contribution < 1.29 is 9.13 Å². The third-order valence-electron chi connectivity index (χ3n) is 2.57. The van der Waals surface area contributed by atoms with Crippen LogP contribution < -0.4 is 5.73 Å². The van der Waals surface area contributed by atoms with Crippen LogP contribution in [0.15, 0.2) is 16.6 Å². The number of benzene rings is 1. The Bertz CT molecular complexity index is 357. The second-order valence-corrected chi connectivity index (χ2v) is 4.80. The van der Waals surface area contributed by atoms with E-state index in [1.54, 1.807) is 13.2 Å². The van der Waals surface area contributed by atoms with Crippen molar-refractivity contribution in [2.24, 2.45) is 5.73 Å². The maximum atomic E-state index is 14.1. The SMILES string of the molecule is COCc1cc(Br)cc(C(C)CCN)c1F. The number of rotatable bonds is 5. The highest BCUT2D eigenvalue weighted by Gasteiger charge is 2.15. The molecular formula is C12H17BrFNO. The van der Waals surface area contributed by atoms with Crippen LogP contribution in [0.2, 0.25) is 0 Å². The van der Waals surface area contributed by atoms with Gasteiger partial charge in [-0.3, -0.25) is 0 Å². The van der Waals surface area contributed by atoms with Crippen LogP contribution in [0.3, 0.4) is 0 Å². The summed E-state index contributed by atoms with van der Waals surface area (Å²) in [6.07, 6.45) is 0.778. The third kappa shape index (κ3) is 3.27. The molecule has 1 unspecified atom stereocenters. The summed E-state index contributed by atoms with van der Waals surface area (Å²) in [4.78, 5) is 0. The fourth-order valence-corrected chi connectivity index (χ4v) is 2.22. The topological polar surface area (TPSA) is 35.2 Å². The van der Waals surface area contributed by atoms with E-state index < -0.39 is 0 Å². The summed E-state index contributed by atoms with van der Waals surface area (Å²) < 4.78 is 19.9. The van der Waals surface area contributed by atoms with E-state index in [2.05, 4.69) is 15.9 Å². The highest BCUT2D eigenvalue weighted by Crippen LogP contribution is 2.28. The van der Waals surface area contributed by atoms with E-state index in [1.165, 1.54) is 0 Å². The first-order valence-electron chi connectivity index (χ1n) is 5.27. The molecule has 0 aliphatic rings. The first kappa shape index (κ1) is 13.6. The maximum absolute atomic E-state index is 14.1. The Balaban J connectivity index is 3.07. The molecule has 0 aromatic heterocycles. The van der Waals surface area contributed by atoms with Crippen molar-refractivity contribution in [3.8, 4) is 0 Å². The summed E-state index contributed by atoms with van der Waals surface area (Å²) in [5.74, 6) is -0.0518. The number of nitrogens with two attached hydrogens (primary N) is 1. The summed E-state index contributed by atoms with van der Waals surface area (Å²) in [6.45, 7) is 2.83. The van der Waals surface area contributed by atoms with E-state index in [4.69, 9.17) is 10.5 Å². The molecule has 16 heavy (non-hydrogen) atoms. The molecule has 0 bridgehead atoms. The molecule has 0 saturated carbocycles. The Labute approximate surface area is 104 Å². The van der Waals surface area contributed by atoms with Gasteiger partial charge in [0.2, 0.25) is 0 Å². The largest absolute Gasteiger partial charge is 0.380 e. The minimum atomic E-state index is -0.175. The smallest absolute Gasteiger partial charge is 0.132 e. The normalized spacial score (nSPS) is 12.8. The Morgan fingerprint density at radius 3 is 2.75 bits per heavy atom.